The molecule has 0 aliphatic carbocycles. The third kappa shape index (κ3) is 6.69. The predicted molar refractivity (Wildman–Crippen MR) is 147 cm³/mol. The van der Waals surface area contributed by atoms with Gasteiger partial charge < -0.3 is 13.9 Å². The van der Waals surface area contributed by atoms with E-state index in [1.165, 1.54) is 24.4 Å². The first kappa shape index (κ1) is 28.0. The summed E-state index contributed by atoms with van der Waals surface area (Å²) in [7, 11) is -3.72. The smallest absolute Gasteiger partial charge is 0.310 e. The lowest BCUT2D eigenvalue weighted by molar-refractivity contribution is -0.142. The molecule has 8 nitrogen and oxygen atoms in total. The van der Waals surface area contributed by atoms with Crippen LogP contribution in [0.3, 0.4) is 0 Å². The number of furan rings is 1. The van der Waals surface area contributed by atoms with Crippen LogP contribution in [0.25, 0.3) is 22.1 Å². The van der Waals surface area contributed by atoms with Crippen molar-refractivity contribution in [2.45, 2.75) is 45.5 Å². The lowest BCUT2D eigenvalue weighted by Gasteiger charge is -2.14. The van der Waals surface area contributed by atoms with Gasteiger partial charge in [-0.2, -0.15) is 4.40 Å². The van der Waals surface area contributed by atoms with Gasteiger partial charge in [0.25, 0.3) is 10.0 Å². The van der Waals surface area contributed by atoms with Crippen LogP contribution in [0, 0.1) is 5.82 Å². The lowest BCUT2D eigenvalue weighted by Crippen LogP contribution is -2.25. The fraction of sp³-hybridized carbons (Fsp3) is 0.276. The number of pyridine rings is 1. The van der Waals surface area contributed by atoms with Crippen LogP contribution in [-0.4, -0.2) is 36.9 Å². The highest BCUT2D eigenvalue weighted by Gasteiger charge is 2.27. The first-order chi connectivity index (χ1) is 18.5. The van der Waals surface area contributed by atoms with Crippen LogP contribution in [-0.2, 0) is 32.6 Å². The van der Waals surface area contributed by atoms with Crippen molar-refractivity contribution in [1.29, 1.82) is 0 Å². The summed E-state index contributed by atoms with van der Waals surface area (Å²) in [4.78, 5) is 16.2. The molecule has 0 spiro atoms. The number of carbonyl (C=O) groups is 1. The number of sulfonamides is 1. The molecule has 0 saturated carbocycles. The van der Waals surface area contributed by atoms with Gasteiger partial charge in [-0.1, -0.05) is 6.07 Å². The highest BCUT2D eigenvalue weighted by atomic mass is 32.2. The van der Waals surface area contributed by atoms with Crippen LogP contribution in [0.5, 0.6) is 5.75 Å². The van der Waals surface area contributed by atoms with Crippen LogP contribution >= 0.6 is 0 Å². The second-order valence-electron chi connectivity index (χ2n) is 9.80. The number of esters is 1. The molecule has 0 bridgehead atoms. The van der Waals surface area contributed by atoms with E-state index in [1.807, 2.05) is 18.2 Å². The number of benzene rings is 2. The second-order valence-corrected chi connectivity index (χ2v) is 12.2. The van der Waals surface area contributed by atoms with Crippen molar-refractivity contribution in [2.24, 2.45) is 4.40 Å². The fourth-order valence-electron chi connectivity index (χ4n) is 3.75. The van der Waals surface area contributed by atoms with Crippen LogP contribution in [0.2, 0.25) is 0 Å². The molecule has 0 atom stereocenters. The Morgan fingerprint density at radius 2 is 1.92 bits per heavy atom. The molecule has 0 aliphatic heterocycles. The van der Waals surface area contributed by atoms with Gasteiger partial charge in [0.2, 0.25) is 0 Å². The van der Waals surface area contributed by atoms with E-state index in [4.69, 9.17) is 13.9 Å². The second kappa shape index (κ2) is 11.4. The minimum absolute atomic E-state index is 0.0399. The van der Waals surface area contributed by atoms with Crippen molar-refractivity contribution in [1.82, 2.24) is 4.98 Å². The largest absolute Gasteiger partial charge is 0.488 e. The number of hydrogen-bond acceptors (Lipinski definition) is 7. The molecule has 0 N–H and O–H groups in total. The fourth-order valence-corrected chi connectivity index (χ4v) is 4.31. The van der Waals surface area contributed by atoms with Gasteiger partial charge in [0.05, 0.1) is 35.9 Å². The van der Waals surface area contributed by atoms with Crippen molar-refractivity contribution < 1.29 is 31.5 Å². The van der Waals surface area contributed by atoms with Crippen LogP contribution < -0.4 is 4.74 Å². The van der Waals surface area contributed by atoms with E-state index in [9.17, 15) is 17.6 Å². The third-order valence-corrected chi connectivity index (χ3v) is 7.79. The highest BCUT2D eigenvalue weighted by molar-refractivity contribution is 7.91. The van der Waals surface area contributed by atoms with Gasteiger partial charge in [-0.15, -0.1) is 0 Å². The summed E-state index contributed by atoms with van der Waals surface area (Å²) >= 11 is 0. The molecule has 0 radical (unpaired) electrons. The molecule has 0 unspecified atom stereocenters. The number of nitrogens with zero attached hydrogens (tertiary/aromatic N) is 2. The first-order valence-corrected chi connectivity index (χ1v) is 13.7. The molecule has 0 saturated heterocycles. The topological polar surface area (TPSA) is 108 Å². The third-order valence-electron chi connectivity index (χ3n) is 5.86. The molecular weight excluding hydrogens is 523 g/mol. The number of hydrogen-bond donors (Lipinski definition) is 0. The molecular formula is C29H29FN2O6S. The normalized spacial score (nSPS) is 12.2. The first-order valence-electron chi connectivity index (χ1n) is 12.3. The van der Waals surface area contributed by atoms with E-state index >= 15 is 0 Å². The maximum Gasteiger partial charge on any atom is 0.310 e. The number of rotatable bonds is 9. The number of fused-ring (bicyclic) bond motifs is 1. The van der Waals surface area contributed by atoms with E-state index < -0.39 is 26.6 Å². The van der Waals surface area contributed by atoms with Gasteiger partial charge in [-0.25, -0.2) is 12.8 Å². The molecule has 0 aliphatic rings. The Bertz CT molecular complexity index is 1640. The summed E-state index contributed by atoms with van der Waals surface area (Å²) in [5.41, 5.74) is 3.75. The Balaban J connectivity index is 1.64. The monoisotopic (exact) mass is 552 g/mol. The maximum atomic E-state index is 14.0. The van der Waals surface area contributed by atoms with Crippen molar-refractivity contribution in [3.05, 3.63) is 83.6 Å². The number of ether oxygens (including phenoxy) is 2. The number of carbonyl (C=O) groups excluding carboxylic acids is 1. The highest BCUT2D eigenvalue weighted by Crippen LogP contribution is 2.32. The van der Waals surface area contributed by atoms with Gasteiger partial charge >= 0.3 is 5.97 Å². The standard InChI is InChI=1S/C29H29FN2O6S/c1-5-36-27(33)15-21-6-7-23(30)16-26(21)38-18-19-12-22-9-11-37-28(22)25(13-19)20-8-10-31-24(14-20)17-32-39(34,35)29(2,3)4/h6-14,16-17H,5,15,18H2,1-4H3. The van der Waals surface area contributed by atoms with Crippen molar-refractivity contribution in [2.75, 3.05) is 6.61 Å². The zero-order valence-corrected chi connectivity index (χ0v) is 22.9. The van der Waals surface area contributed by atoms with Crippen molar-refractivity contribution in [3.8, 4) is 16.9 Å². The summed E-state index contributed by atoms with van der Waals surface area (Å²) < 4.78 is 58.2. The average Bonchev–Trinajstić information content (AvgIpc) is 3.35. The molecule has 2 aromatic heterocycles. The molecule has 0 fully saturated rings. The molecule has 10 heteroatoms. The average molecular weight is 553 g/mol. The summed E-state index contributed by atoms with van der Waals surface area (Å²) in [6.45, 7) is 6.79. The van der Waals surface area contributed by atoms with Gasteiger partial charge in [0.15, 0.2) is 0 Å². The Kier molecular flexibility index (Phi) is 8.15. The minimum Gasteiger partial charge on any atom is -0.488 e. The number of aromatic nitrogens is 1. The Labute approximate surface area is 226 Å². The van der Waals surface area contributed by atoms with E-state index in [2.05, 4.69) is 9.38 Å². The van der Waals surface area contributed by atoms with Crippen LogP contribution in [0.15, 0.2) is 69.8 Å². The van der Waals surface area contributed by atoms with Gasteiger partial charge in [-0.05, 0) is 75.2 Å². The van der Waals surface area contributed by atoms with E-state index in [1.54, 1.807) is 52.3 Å². The van der Waals surface area contributed by atoms with E-state index in [0.717, 1.165) is 22.1 Å². The van der Waals surface area contributed by atoms with Crippen molar-refractivity contribution >= 4 is 33.2 Å². The SMILES string of the molecule is CCOC(=O)Cc1ccc(F)cc1OCc1cc(-c2ccnc(C=NS(=O)(=O)C(C)(C)C)c2)c2occc2c1. The molecule has 39 heavy (non-hydrogen) atoms. The lowest BCUT2D eigenvalue weighted by atomic mass is 10.0. The van der Waals surface area contributed by atoms with Crippen molar-refractivity contribution in [3.63, 3.8) is 0 Å². The summed E-state index contributed by atoms with van der Waals surface area (Å²) in [6.07, 6.45) is 4.32. The van der Waals surface area contributed by atoms with Crippen LogP contribution in [0.4, 0.5) is 4.39 Å². The Hall–Kier alpha value is -4.05. The summed E-state index contributed by atoms with van der Waals surface area (Å²) in [5.74, 6) is -0.661. The molecule has 4 aromatic rings. The Morgan fingerprint density at radius 1 is 1.13 bits per heavy atom. The van der Waals surface area contributed by atoms with Gasteiger partial charge in [0.1, 0.15) is 23.8 Å². The summed E-state index contributed by atoms with van der Waals surface area (Å²) in [6, 6.07) is 13.1. The van der Waals surface area contributed by atoms with Gasteiger partial charge in [-0.3, -0.25) is 9.78 Å². The molecule has 0 amide bonds. The van der Waals surface area contributed by atoms with Crippen LogP contribution in [0.1, 0.15) is 44.5 Å². The van der Waals surface area contributed by atoms with Gasteiger partial charge in [0, 0.05) is 28.8 Å². The molecule has 2 aromatic carbocycles. The molecule has 204 valence electrons. The summed E-state index contributed by atoms with van der Waals surface area (Å²) in [5, 5.41) is 0.819. The number of halogens is 1. The zero-order valence-electron chi connectivity index (χ0n) is 22.1. The predicted octanol–water partition coefficient (Wildman–Crippen LogP) is 5.87. The van der Waals surface area contributed by atoms with E-state index in [0.29, 0.717) is 16.8 Å². The van der Waals surface area contributed by atoms with E-state index in [-0.39, 0.29) is 25.4 Å². The molecule has 2 heterocycles. The Morgan fingerprint density at radius 3 is 2.67 bits per heavy atom. The quantitative estimate of drug-likeness (QED) is 0.189. The maximum absolute atomic E-state index is 14.0. The minimum atomic E-state index is -3.72. The zero-order chi connectivity index (χ0) is 28.2. The molecule has 4 rings (SSSR count).